The van der Waals surface area contributed by atoms with Gasteiger partial charge in [0.05, 0.1) is 16.7 Å². The van der Waals surface area contributed by atoms with E-state index in [1.807, 2.05) is 18.2 Å². The fourth-order valence-corrected chi connectivity index (χ4v) is 3.87. The molecule has 2 aromatic heterocycles. The Morgan fingerprint density at radius 2 is 1.80 bits per heavy atom. The lowest BCUT2D eigenvalue weighted by Crippen LogP contribution is -2.04. The zero-order valence-electron chi connectivity index (χ0n) is 14.3. The Hall–Kier alpha value is -2.60. The number of benzene rings is 2. The van der Waals surface area contributed by atoms with Gasteiger partial charge in [0, 0.05) is 12.3 Å². The van der Waals surface area contributed by atoms with Crippen LogP contribution in [0.1, 0.15) is 11.4 Å². The second-order valence-corrected chi connectivity index (χ2v) is 6.98. The molecule has 0 atom stereocenters. The minimum Gasteiger partial charge on any atom is -0.327 e. The van der Waals surface area contributed by atoms with Crippen molar-refractivity contribution in [2.24, 2.45) is 0 Å². The molecule has 4 aromatic rings. The normalized spacial score (nSPS) is 11.3. The molecule has 126 valence electrons. The predicted molar refractivity (Wildman–Crippen MR) is 101 cm³/mol. The Labute approximate surface area is 150 Å². The summed E-state index contributed by atoms with van der Waals surface area (Å²) in [7, 11) is 0. The highest BCUT2D eigenvalue weighted by Crippen LogP contribution is 2.23. The van der Waals surface area contributed by atoms with Crippen LogP contribution in [0.25, 0.3) is 16.7 Å². The van der Waals surface area contributed by atoms with E-state index in [-0.39, 0.29) is 0 Å². The summed E-state index contributed by atoms with van der Waals surface area (Å²) >= 11 is 1.71. The summed E-state index contributed by atoms with van der Waals surface area (Å²) in [6.07, 6.45) is 1.78. The van der Waals surface area contributed by atoms with Gasteiger partial charge in [0.1, 0.15) is 12.2 Å². The molecule has 0 saturated carbocycles. The molecule has 5 nitrogen and oxygen atoms in total. The molecule has 0 bridgehead atoms. The number of imidazole rings is 1. The largest absolute Gasteiger partial charge is 0.327 e. The van der Waals surface area contributed by atoms with E-state index in [9.17, 15) is 0 Å². The van der Waals surface area contributed by atoms with Crippen LogP contribution in [-0.4, -0.2) is 30.1 Å². The van der Waals surface area contributed by atoms with Crippen molar-refractivity contribution in [1.82, 2.24) is 24.3 Å². The van der Waals surface area contributed by atoms with E-state index in [0.29, 0.717) is 0 Å². The number of hydrogen-bond donors (Lipinski definition) is 0. The Balaban J connectivity index is 1.52. The number of aryl methyl sites for hydroxylation is 3. The second kappa shape index (κ2) is 6.72. The molecule has 0 N–H and O–H groups in total. The number of rotatable bonds is 5. The van der Waals surface area contributed by atoms with Crippen LogP contribution in [0.4, 0.5) is 0 Å². The first-order valence-corrected chi connectivity index (χ1v) is 9.23. The van der Waals surface area contributed by atoms with Gasteiger partial charge in [-0.05, 0) is 37.6 Å². The maximum atomic E-state index is 4.63. The van der Waals surface area contributed by atoms with Crippen molar-refractivity contribution in [2.75, 3.05) is 5.75 Å². The molecule has 0 aliphatic carbocycles. The van der Waals surface area contributed by atoms with E-state index >= 15 is 0 Å². The molecule has 0 aliphatic rings. The van der Waals surface area contributed by atoms with E-state index in [1.165, 1.54) is 11.1 Å². The van der Waals surface area contributed by atoms with Gasteiger partial charge in [-0.15, -0.1) is 10.2 Å². The van der Waals surface area contributed by atoms with Gasteiger partial charge in [-0.3, -0.25) is 4.57 Å². The SMILES string of the molecule is Cc1ccccc1-n1cnnc1SCCn1c(C)nc2ccccc21. The zero-order chi connectivity index (χ0) is 17.2. The summed E-state index contributed by atoms with van der Waals surface area (Å²) in [5, 5.41) is 9.30. The first-order chi connectivity index (χ1) is 12.2. The molecule has 0 unspecified atom stereocenters. The monoisotopic (exact) mass is 349 g/mol. The summed E-state index contributed by atoms with van der Waals surface area (Å²) in [4.78, 5) is 4.63. The van der Waals surface area contributed by atoms with Gasteiger partial charge in [0.2, 0.25) is 0 Å². The van der Waals surface area contributed by atoms with Crippen LogP contribution < -0.4 is 0 Å². The minimum absolute atomic E-state index is 0.887. The van der Waals surface area contributed by atoms with Gasteiger partial charge in [0.15, 0.2) is 5.16 Å². The van der Waals surface area contributed by atoms with E-state index in [2.05, 4.69) is 68.5 Å². The number of aromatic nitrogens is 5. The number of nitrogens with zero attached hydrogens (tertiary/aromatic N) is 5. The first kappa shape index (κ1) is 15.9. The molecule has 0 aliphatic heterocycles. The van der Waals surface area contributed by atoms with Crippen LogP contribution in [0, 0.1) is 13.8 Å². The lowest BCUT2D eigenvalue weighted by Gasteiger charge is -2.10. The Kier molecular flexibility index (Phi) is 4.28. The summed E-state index contributed by atoms with van der Waals surface area (Å²) in [5.41, 5.74) is 4.56. The van der Waals surface area contributed by atoms with E-state index < -0.39 is 0 Å². The molecule has 2 aromatic carbocycles. The molecule has 4 rings (SSSR count). The molecule has 6 heteroatoms. The smallest absolute Gasteiger partial charge is 0.195 e. The van der Waals surface area contributed by atoms with Crippen molar-refractivity contribution in [3.8, 4) is 5.69 Å². The topological polar surface area (TPSA) is 48.5 Å². The Bertz CT molecular complexity index is 1020. The molecule has 2 heterocycles. The standard InChI is InChI=1S/C19H19N5S/c1-14-7-3-5-9-17(14)24-13-20-22-19(24)25-12-11-23-15(2)21-16-8-4-6-10-18(16)23/h3-10,13H,11-12H2,1-2H3. The molecule has 0 amide bonds. The maximum absolute atomic E-state index is 4.63. The van der Waals surface area contributed by atoms with E-state index in [0.717, 1.165) is 34.5 Å². The van der Waals surface area contributed by atoms with Crippen LogP contribution >= 0.6 is 11.8 Å². The van der Waals surface area contributed by atoms with E-state index in [4.69, 9.17) is 0 Å². The maximum Gasteiger partial charge on any atom is 0.195 e. The second-order valence-electron chi connectivity index (χ2n) is 5.92. The van der Waals surface area contributed by atoms with Crippen LogP contribution in [0.15, 0.2) is 60.0 Å². The zero-order valence-corrected chi connectivity index (χ0v) is 15.1. The number of hydrogen-bond acceptors (Lipinski definition) is 4. The van der Waals surface area contributed by atoms with Gasteiger partial charge in [0.25, 0.3) is 0 Å². The lowest BCUT2D eigenvalue weighted by atomic mass is 10.2. The van der Waals surface area contributed by atoms with Crippen LogP contribution in [0.5, 0.6) is 0 Å². The fraction of sp³-hybridized carbons (Fsp3) is 0.211. The Morgan fingerprint density at radius 3 is 2.68 bits per heavy atom. The number of thioether (sulfide) groups is 1. The van der Waals surface area contributed by atoms with Gasteiger partial charge in [-0.1, -0.05) is 42.1 Å². The lowest BCUT2D eigenvalue weighted by molar-refractivity contribution is 0.758. The minimum atomic E-state index is 0.887. The highest BCUT2D eigenvalue weighted by molar-refractivity contribution is 7.99. The molecule has 0 saturated heterocycles. The van der Waals surface area contributed by atoms with Crippen molar-refractivity contribution in [3.63, 3.8) is 0 Å². The summed E-state index contributed by atoms with van der Waals surface area (Å²) in [6.45, 7) is 5.04. The third kappa shape index (κ3) is 3.05. The summed E-state index contributed by atoms with van der Waals surface area (Å²) in [5.74, 6) is 1.95. The van der Waals surface area contributed by atoms with Gasteiger partial charge in [-0.2, -0.15) is 0 Å². The van der Waals surface area contributed by atoms with Gasteiger partial charge >= 0.3 is 0 Å². The van der Waals surface area contributed by atoms with Crippen molar-refractivity contribution in [2.45, 2.75) is 25.5 Å². The summed E-state index contributed by atoms with van der Waals surface area (Å²) < 4.78 is 4.32. The molecule has 25 heavy (non-hydrogen) atoms. The predicted octanol–water partition coefficient (Wildman–Crippen LogP) is 4.03. The number of fused-ring (bicyclic) bond motifs is 1. The quantitative estimate of drug-likeness (QED) is 0.511. The average Bonchev–Trinajstić information content (AvgIpc) is 3.20. The van der Waals surface area contributed by atoms with Crippen LogP contribution in [0.2, 0.25) is 0 Å². The first-order valence-electron chi connectivity index (χ1n) is 8.25. The molecule has 0 spiro atoms. The molecular weight excluding hydrogens is 330 g/mol. The third-order valence-corrected chi connectivity index (χ3v) is 5.21. The molecule has 0 radical (unpaired) electrons. The highest BCUT2D eigenvalue weighted by Gasteiger charge is 2.10. The molecular formula is C19H19N5S. The van der Waals surface area contributed by atoms with Gasteiger partial charge in [-0.25, -0.2) is 4.98 Å². The average molecular weight is 349 g/mol. The van der Waals surface area contributed by atoms with Crippen molar-refractivity contribution < 1.29 is 0 Å². The third-order valence-electron chi connectivity index (χ3n) is 4.28. The van der Waals surface area contributed by atoms with Crippen LogP contribution in [0.3, 0.4) is 0 Å². The van der Waals surface area contributed by atoms with Crippen molar-refractivity contribution >= 4 is 22.8 Å². The van der Waals surface area contributed by atoms with Crippen molar-refractivity contribution in [1.29, 1.82) is 0 Å². The van der Waals surface area contributed by atoms with Gasteiger partial charge < -0.3 is 4.57 Å². The number of para-hydroxylation sites is 3. The summed E-state index contributed by atoms with van der Waals surface area (Å²) in [6, 6.07) is 16.5. The highest BCUT2D eigenvalue weighted by atomic mass is 32.2. The Morgan fingerprint density at radius 1 is 1.00 bits per heavy atom. The molecule has 0 fully saturated rings. The van der Waals surface area contributed by atoms with Crippen molar-refractivity contribution in [3.05, 3.63) is 66.2 Å². The fourth-order valence-electron chi connectivity index (χ4n) is 3.03. The van der Waals surface area contributed by atoms with E-state index in [1.54, 1.807) is 18.1 Å². The van der Waals surface area contributed by atoms with Crippen LogP contribution in [-0.2, 0) is 6.54 Å².